The number of pyridine rings is 1. The van der Waals surface area contributed by atoms with Crippen LogP contribution in [0.5, 0.6) is 0 Å². The van der Waals surface area contributed by atoms with Crippen LogP contribution in [0.3, 0.4) is 0 Å². The highest BCUT2D eigenvalue weighted by molar-refractivity contribution is 5.62. The van der Waals surface area contributed by atoms with E-state index in [1.165, 1.54) is 0 Å². The Morgan fingerprint density at radius 2 is 2.18 bits per heavy atom. The van der Waals surface area contributed by atoms with Crippen LogP contribution in [-0.2, 0) is 6.54 Å². The Hall–Kier alpha value is -1.78. The van der Waals surface area contributed by atoms with Crippen LogP contribution in [0.25, 0.3) is 11.1 Å². The molecule has 116 valence electrons. The van der Waals surface area contributed by atoms with Gasteiger partial charge in [0.15, 0.2) is 0 Å². The molecule has 1 aromatic carbocycles. The van der Waals surface area contributed by atoms with Gasteiger partial charge in [-0.05, 0) is 43.0 Å². The molecular formula is C18H21FN2O. The van der Waals surface area contributed by atoms with Crippen molar-refractivity contribution in [2.75, 3.05) is 19.7 Å². The van der Waals surface area contributed by atoms with Crippen molar-refractivity contribution in [1.29, 1.82) is 0 Å². The van der Waals surface area contributed by atoms with E-state index in [1.807, 2.05) is 24.3 Å². The third-order valence-corrected chi connectivity index (χ3v) is 4.30. The summed E-state index contributed by atoms with van der Waals surface area (Å²) in [4.78, 5) is 6.30. The van der Waals surface area contributed by atoms with Crippen molar-refractivity contribution >= 4 is 0 Å². The monoisotopic (exact) mass is 300 g/mol. The fourth-order valence-corrected chi connectivity index (χ4v) is 3.07. The van der Waals surface area contributed by atoms with E-state index in [4.69, 9.17) is 0 Å². The number of piperidine rings is 1. The molecule has 1 atom stereocenters. The molecule has 3 rings (SSSR count). The third-order valence-electron chi connectivity index (χ3n) is 4.30. The van der Waals surface area contributed by atoms with Gasteiger partial charge < -0.3 is 5.11 Å². The normalized spacial score (nSPS) is 19.3. The highest BCUT2D eigenvalue weighted by atomic mass is 19.1. The summed E-state index contributed by atoms with van der Waals surface area (Å²) in [5, 5.41) is 9.29. The summed E-state index contributed by atoms with van der Waals surface area (Å²) in [5.41, 5.74) is 2.48. The fraction of sp³-hybridized carbons (Fsp3) is 0.389. The van der Waals surface area contributed by atoms with Gasteiger partial charge in [-0.3, -0.25) is 9.88 Å². The number of likely N-dealkylation sites (tertiary alicyclic amines) is 1. The number of benzene rings is 1. The van der Waals surface area contributed by atoms with Gasteiger partial charge in [0.05, 0.1) is 0 Å². The molecule has 0 radical (unpaired) electrons. The van der Waals surface area contributed by atoms with Gasteiger partial charge in [0.25, 0.3) is 0 Å². The molecule has 2 aromatic rings. The molecule has 1 fully saturated rings. The van der Waals surface area contributed by atoms with Gasteiger partial charge in [0.2, 0.25) is 0 Å². The maximum Gasteiger partial charge on any atom is 0.128 e. The van der Waals surface area contributed by atoms with Crippen molar-refractivity contribution in [3.05, 3.63) is 54.1 Å². The van der Waals surface area contributed by atoms with E-state index >= 15 is 0 Å². The molecule has 0 saturated carbocycles. The Morgan fingerprint density at radius 3 is 2.91 bits per heavy atom. The van der Waals surface area contributed by atoms with Gasteiger partial charge in [-0.15, -0.1) is 0 Å². The molecule has 0 spiro atoms. The minimum atomic E-state index is -0.174. The Morgan fingerprint density at radius 1 is 1.27 bits per heavy atom. The predicted octanol–water partition coefficient (Wildman–Crippen LogP) is 3.09. The molecule has 1 aliphatic heterocycles. The van der Waals surface area contributed by atoms with Crippen LogP contribution in [0.2, 0.25) is 0 Å². The van der Waals surface area contributed by atoms with E-state index in [-0.39, 0.29) is 12.4 Å². The summed E-state index contributed by atoms with van der Waals surface area (Å²) in [5.74, 6) is 0.152. The lowest BCUT2D eigenvalue weighted by Crippen LogP contribution is -2.36. The first kappa shape index (κ1) is 15.1. The average molecular weight is 300 g/mol. The summed E-state index contributed by atoms with van der Waals surface area (Å²) in [7, 11) is 0. The van der Waals surface area contributed by atoms with Crippen LogP contribution in [0.4, 0.5) is 4.39 Å². The lowest BCUT2D eigenvalue weighted by atomic mass is 9.98. The Bertz CT molecular complexity index is 618. The van der Waals surface area contributed by atoms with Crippen molar-refractivity contribution in [2.45, 2.75) is 19.4 Å². The van der Waals surface area contributed by atoms with Crippen molar-refractivity contribution in [3.63, 3.8) is 0 Å². The predicted molar refractivity (Wildman–Crippen MR) is 84.7 cm³/mol. The van der Waals surface area contributed by atoms with Gasteiger partial charge in [-0.1, -0.05) is 18.2 Å². The molecule has 3 nitrogen and oxygen atoms in total. The number of hydrogen-bond donors (Lipinski definition) is 1. The number of aliphatic hydroxyl groups excluding tert-OH is 1. The van der Waals surface area contributed by atoms with Crippen LogP contribution in [0.15, 0.2) is 42.7 Å². The van der Waals surface area contributed by atoms with Gasteiger partial charge in [0, 0.05) is 43.2 Å². The van der Waals surface area contributed by atoms with E-state index in [0.29, 0.717) is 18.0 Å². The van der Waals surface area contributed by atoms with Gasteiger partial charge in [-0.2, -0.15) is 0 Å². The quantitative estimate of drug-likeness (QED) is 0.942. The van der Waals surface area contributed by atoms with E-state index in [1.54, 1.807) is 18.5 Å². The molecule has 2 heterocycles. The topological polar surface area (TPSA) is 36.4 Å². The average Bonchev–Trinajstić information content (AvgIpc) is 2.58. The zero-order valence-electron chi connectivity index (χ0n) is 12.6. The number of rotatable bonds is 4. The van der Waals surface area contributed by atoms with Crippen LogP contribution < -0.4 is 0 Å². The van der Waals surface area contributed by atoms with Crippen LogP contribution in [0, 0.1) is 11.7 Å². The molecule has 0 aliphatic carbocycles. The minimum absolute atomic E-state index is 0.174. The Kier molecular flexibility index (Phi) is 4.80. The number of aliphatic hydroxyl groups is 1. The molecule has 1 N–H and O–H groups in total. The number of hydrogen-bond acceptors (Lipinski definition) is 3. The lowest BCUT2D eigenvalue weighted by Gasteiger charge is -2.31. The minimum Gasteiger partial charge on any atom is -0.396 e. The summed E-state index contributed by atoms with van der Waals surface area (Å²) < 4.78 is 14.4. The zero-order valence-corrected chi connectivity index (χ0v) is 12.6. The van der Waals surface area contributed by atoms with Crippen molar-refractivity contribution < 1.29 is 9.50 Å². The number of aromatic nitrogens is 1. The standard InChI is InChI=1S/C18H21FN2O/c19-18-9-15(16-4-1-7-20-10-16)5-6-17(18)12-21-8-2-3-14(11-21)13-22/h1,4-7,9-10,14,22H,2-3,8,11-13H2. The Balaban J connectivity index is 1.73. The number of nitrogens with zero attached hydrogens (tertiary/aromatic N) is 2. The second-order valence-corrected chi connectivity index (χ2v) is 5.97. The third kappa shape index (κ3) is 3.51. The van der Waals surface area contributed by atoms with E-state index in [9.17, 15) is 9.50 Å². The van der Waals surface area contributed by atoms with E-state index < -0.39 is 0 Å². The summed E-state index contributed by atoms with van der Waals surface area (Å²) >= 11 is 0. The molecule has 0 amide bonds. The summed E-state index contributed by atoms with van der Waals surface area (Å²) in [6.45, 7) is 2.65. The second kappa shape index (κ2) is 6.99. The fourth-order valence-electron chi connectivity index (χ4n) is 3.07. The molecule has 0 bridgehead atoms. The first-order valence-electron chi connectivity index (χ1n) is 7.78. The largest absolute Gasteiger partial charge is 0.396 e. The lowest BCUT2D eigenvalue weighted by molar-refractivity contribution is 0.115. The van der Waals surface area contributed by atoms with Gasteiger partial charge in [-0.25, -0.2) is 4.39 Å². The van der Waals surface area contributed by atoms with Crippen LogP contribution in [0.1, 0.15) is 18.4 Å². The molecule has 1 aliphatic rings. The van der Waals surface area contributed by atoms with Crippen LogP contribution in [-0.4, -0.2) is 34.7 Å². The van der Waals surface area contributed by atoms with Gasteiger partial charge in [0.1, 0.15) is 5.82 Å². The van der Waals surface area contributed by atoms with E-state index in [2.05, 4.69) is 9.88 Å². The second-order valence-electron chi connectivity index (χ2n) is 5.97. The maximum atomic E-state index is 14.4. The molecule has 1 unspecified atom stereocenters. The van der Waals surface area contributed by atoms with Gasteiger partial charge >= 0.3 is 0 Å². The summed E-state index contributed by atoms with van der Waals surface area (Å²) in [6, 6.07) is 9.17. The molecule has 22 heavy (non-hydrogen) atoms. The Labute approximate surface area is 130 Å². The molecular weight excluding hydrogens is 279 g/mol. The highest BCUT2D eigenvalue weighted by Gasteiger charge is 2.20. The summed E-state index contributed by atoms with van der Waals surface area (Å²) in [6.07, 6.45) is 5.59. The van der Waals surface area contributed by atoms with Crippen LogP contribution >= 0.6 is 0 Å². The SMILES string of the molecule is OCC1CCCN(Cc2ccc(-c3cccnc3)cc2F)C1. The first-order valence-corrected chi connectivity index (χ1v) is 7.78. The van der Waals surface area contributed by atoms with Crippen molar-refractivity contribution in [2.24, 2.45) is 5.92 Å². The van der Waals surface area contributed by atoms with Crippen molar-refractivity contribution in [3.8, 4) is 11.1 Å². The smallest absolute Gasteiger partial charge is 0.128 e. The number of halogens is 1. The van der Waals surface area contributed by atoms with Crippen molar-refractivity contribution in [1.82, 2.24) is 9.88 Å². The first-order chi connectivity index (χ1) is 10.8. The molecule has 4 heteroatoms. The maximum absolute atomic E-state index is 14.4. The molecule has 1 aromatic heterocycles. The van der Waals surface area contributed by atoms with E-state index in [0.717, 1.165) is 37.1 Å². The highest BCUT2D eigenvalue weighted by Crippen LogP contribution is 2.23. The zero-order chi connectivity index (χ0) is 15.4. The molecule has 1 saturated heterocycles.